The third-order valence-corrected chi connectivity index (χ3v) is 5.28. The number of aromatic nitrogens is 2. The number of nitrogens with zero attached hydrogens (tertiary/aromatic N) is 3. The first kappa shape index (κ1) is 17.9. The van der Waals surface area contributed by atoms with Crippen molar-refractivity contribution in [3.8, 4) is 17.1 Å². The van der Waals surface area contributed by atoms with Gasteiger partial charge in [-0.15, -0.1) is 11.3 Å². The van der Waals surface area contributed by atoms with Crippen LogP contribution >= 0.6 is 11.3 Å². The van der Waals surface area contributed by atoms with Gasteiger partial charge in [-0.05, 0) is 23.6 Å². The van der Waals surface area contributed by atoms with Crippen LogP contribution in [0, 0.1) is 5.92 Å². The number of thiophene rings is 1. The first-order chi connectivity index (χ1) is 13.1. The third kappa shape index (κ3) is 3.79. The van der Waals surface area contributed by atoms with Crippen LogP contribution < -0.4 is 9.64 Å². The predicted molar refractivity (Wildman–Crippen MR) is 106 cm³/mol. The molecule has 4 rings (SSSR count). The summed E-state index contributed by atoms with van der Waals surface area (Å²) in [5.41, 5.74) is 1.75. The average molecular weight is 383 g/mol. The number of esters is 1. The molecule has 1 saturated heterocycles. The van der Waals surface area contributed by atoms with E-state index in [9.17, 15) is 4.79 Å². The number of fused-ring (bicyclic) bond motifs is 1. The number of benzene rings is 1. The fourth-order valence-corrected chi connectivity index (χ4v) is 3.75. The van der Waals surface area contributed by atoms with Gasteiger partial charge in [-0.25, -0.2) is 9.97 Å². The van der Waals surface area contributed by atoms with E-state index in [1.165, 1.54) is 0 Å². The van der Waals surface area contributed by atoms with Crippen LogP contribution in [-0.2, 0) is 9.53 Å². The van der Waals surface area contributed by atoms with Crippen LogP contribution in [-0.4, -0.2) is 42.2 Å². The minimum atomic E-state index is -0.254. The fourth-order valence-electron chi connectivity index (χ4n) is 2.90. The summed E-state index contributed by atoms with van der Waals surface area (Å²) >= 11 is 1.65. The van der Waals surface area contributed by atoms with Gasteiger partial charge >= 0.3 is 5.97 Å². The zero-order chi connectivity index (χ0) is 18.8. The molecule has 1 aliphatic heterocycles. The summed E-state index contributed by atoms with van der Waals surface area (Å²) in [6, 6.07) is 9.39. The largest absolute Gasteiger partial charge is 0.426 e. The Morgan fingerprint density at radius 1 is 1.22 bits per heavy atom. The van der Waals surface area contributed by atoms with Crippen molar-refractivity contribution in [2.24, 2.45) is 5.92 Å². The smallest absolute Gasteiger partial charge is 0.313 e. The molecule has 7 heteroatoms. The lowest BCUT2D eigenvalue weighted by atomic mass is 10.2. The fraction of sp³-hybridized carbons (Fsp3) is 0.350. The van der Waals surface area contributed by atoms with Crippen LogP contribution in [0.1, 0.15) is 13.8 Å². The molecule has 3 aromatic rings. The number of carbonyl (C=O) groups is 1. The number of hydrogen-bond donors (Lipinski definition) is 0. The summed E-state index contributed by atoms with van der Waals surface area (Å²) in [7, 11) is 0. The summed E-state index contributed by atoms with van der Waals surface area (Å²) in [5, 5.41) is 2.04. The van der Waals surface area contributed by atoms with Crippen molar-refractivity contribution in [1.82, 2.24) is 9.97 Å². The maximum absolute atomic E-state index is 11.9. The molecule has 1 aromatic carbocycles. The maximum atomic E-state index is 11.9. The molecule has 0 atom stereocenters. The van der Waals surface area contributed by atoms with Gasteiger partial charge in [0, 0.05) is 18.7 Å². The molecule has 0 bridgehead atoms. The lowest BCUT2D eigenvalue weighted by Gasteiger charge is -2.28. The maximum Gasteiger partial charge on any atom is 0.313 e. The van der Waals surface area contributed by atoms with Gasteiger partial charge < -0.3 is 14.4 Å². The quantitative estimate of drug-likeness (QED) is 0.505. The van der Waals surface area contributed by atoms with Gasteiger partial charge in [0.2, 0.25) is 0 Å². The zero-order valence-corrected chi connectivity index (χ0v) is 16.2. The molecule has 27 heavy (non-hydrogen) atoms. The lowest BCUT2D eigenvalue weighted by molar-refractivity contribution is -0.137. The van der Waals surface area contributed by atoms with Crippen molar-refractivity contribution in [2.75, 3.05) is 31.2 Å². The summed E-state index contributed by atoms with van der Waals surface area (Å²) in [6.07, 6.45) is 0. The van der Waals surface area contributed by atoms with Crippen LogP contribution in [0.15, 0.2) is 35.7 Å². The second kappa shape index (κ2) is 7.62. The Morgan fingerprint density at radius 3 is 2.81 bits per heavy atom. The Labute approximate surface area is 161 Å². The van der Waals surface area contributed by atoms with Crippen molar-refractivity contribution >= 4 is 33.3 Å². The molecule has 1 aliphatic rings. The highest BCUT2D eigenvalue weighted by Crippen LogP contribution is 2.32. The Hall–Kier alpha value is -2.51. The van der Waals surface area contributed by atoms with E-state index in [1.54, 1.807) is 17.4 Å². The van der Waals surface area contributed by atoms with Gasteiger partial charge in [0.05, 0.1) is 29.3 Å². The molecule has 1 fully saturated rings. The summed E-state index contributed by atoms with van der Waals surface area (Å²) in [6.45, 7) is 6.66. The van der Waals surface area contributed by atoms with Gasteiger partial charge in [-0.1, -0.05) is 26.0 Å². The molecule has 140 valence electrons. The number of rotatable bonds is 4. The highest BCUT2D eigenvalue weighted by atomic mass is 32.1. The van der Waals surface area contributed by atoms with Gasteiger partial charge in [-0.2, -0.15) is 0 Å². The summed E-state index contributed by atoms with van der Waals surface area (Å²) < 4.78 is 12.0. The van der Waals surface area contributed by atoms with Gasteiger partial charge in [-0.3, -0.25) is 4.79 Å². The molecule has 0 aliphatic carbocycles. The molecule has 3 heterocycles. The molecule has 2 aromatic heterocycles. The van der Waals surface area contributed by atoms with Crippen LogP contribution in [0.4, 0.5) is 5.82 Å². The monoisotopic (exact) mass is 383 g/mol. The van der Waals surface area contributed by atoms with Gasteiger partial charge in [0.25, 0.3) is 0 Å². The second-order valence-corrected chi connectivity index (χ2v) is 7.62. The van der Waals surface area contributed by atoms with Crippen LogP contribution in [0.2, 0.25) is 0 Å². The van der Waals surface area contributed by atoms with Crippen molar-refractivity contribution in [3.63, 3.8) is 0 Å². The summed E-state index contributed by atoms with van der Waals surface area (Å²) in [4.78, 5) is 23.7. The van der Waals surface area contributed by atoms with Crippen LogP contribution in [0.25, 0.3) is 21.6 Å². The minimum absolute atomic E-state index is 0.181. The zero-order valence-electron chi connectivity index (χ0n) is 15.3. The minimum Gasteiger partial charge on any atom is -0.426 e. The van der Waals surface area contributed by atoms with E-state index in [4.69, 9.17) is 19.4 Å². The highest BCUT2D eigenvalue weighted by molar-refractivity contribution is 7.17. The second-order valence-electron chi connectivity index (χ2n) is 6.71. The topological polar surface area (TPSA) is 64.5 Å². The molecule has 0 saturated carbocycles. The van der Waals surface area contributed by atoms with E-state index in [-0.39, 0.29) is 11.9 Å². The molecular formula is C20H21N3O3S. The lowest BCUT2D eigenvalue weighted by Crippen LogP contribution is -2.36. The molecular weight excluding hydrogens is 362 g/mol. The molecule has 0 N–H and O–H groups in total. The molecule has 6 nitrogen and oxygen atoms in total. The van der Waals surface area contributed by atoms with E-state index in [0.717, 1.165) is 34.7 Å². The van der Waals surface area contributed by atoms with Gasteiger partial charge in [0.15, 0.2) is 11.6 Å². The molecule has 0 radical (unpaired) electrons. The number of morpholine rings is 1. The highest BCUT2D eigenvalue weighted by Gasteiger charge is 2.19. The van der Waals surface area contributed by atoms with Crippen molar-refractivity contribution in [3.05, 3.63) is 35.7 Å². The average Bonchev–Trinajstić information content (AvgIpc) is 3.16. The Balaban J connectivity index is 1.72. The molecule has 0 amide bonds. The van der Waals surface area contributed by atoms with Crippen LogP contribution in [0.5, 0.6) is 5.75 Å². The molecule has 0 unspecified atom stereocenters. The number of carbonyl (C=O) groups excluding carboxylic acids is 1. The Kier molecular flexibility index (Phi) is 5.05. The van der Waals surface area contributed by atoms with E-state index >= 15 is 0 Å². The summed E-state index contributed by atoms with van der Waals surface area (Å²) in [5.74, 6) is 1.64. The van der Waals surface area contributed by atoms with Crippen molar-refractivity contribution in [1.29, 1.82) is 0 Å². The molecule has 0 spiro atoms. The van der Waals surface area contributed by atoms with E-state index in [2.05, 4.69) is 4.90 Å². The van der Waals surface area contributed by atoms with E-state index in [0.29, 0.717) is 24.8 Å². The van der Waals surface area contributed by atoms with Crippen molar-refractivity contribution in [2.45, 2.75) is 13.8 Å². The number of hydrogen-bond acceptors (Lipinski definition) is 7. The first-order valence-corrected chi connectivity index (χ1v) is 9.90. The third-order valence-electron chi connectivity index (χ3n) is 4.38. The SMILES string of the molecule is CC(C)C(=O)Oc1cccc(-c2nc(N3CCOCC3)c3sccc3n2)c1. The predicted octanol–water partition coefficient (Wildman–Crippen LogP) is 3.76. The first-order valence-electron chi connectivity index (χ1n) is 9.02. The Morgan fingerprint density at radius 2 is 2.04 bits per heavy atom. The van der Waals surface area contributed by atoms with E-state index in [1.807, 2.05) is 43.5 Å². The van der Waals surface area contributed by atoms with Gasteiger partial charge in [0.1, 0.15) is 5.75 Å². The van der Waals surface area contributed by atoms with E-state index < -0.39 is 0 Å². The standard InChI is InChI=1S/C20H21N3O3S/c1-13(2)20(24)26-15-5-3-4-14(12-15)18-21-16-6-11-27-17(16)19(22-18)23-7-9-25-10-8-23/h3-6,11-13H,7-10H2,1-2H3. The number of anilines is 1. The van der Waals surface area contributed by atoms with Crippen LogP contribution in [0.3, 0.4) is 0 Å². The normalized spacial score (nSPS) is 14.7. The van der Waals surface area contributed by atoms with Crippen molar-refractivity contribution < 1.29 is 14.3 Å². The Bertz CT molecular complexity index is 964. The number of ether oxygens (including phenoxy) is 2.